The number of nitrogens with zero attached hydrogens (tertiary/aromatic N) is 4. The van der Waals surface area contributed by atoms with Crippen LogP contribution in [0.25, 0.3) is 0 Å². The third-order valence-corrected chi connectivity index (χ3v) is 5.22. The van der Waals surface area contributed by atoms with E-state index in [0.717, 1.165) is 38.6 Å². The zero-order valence-corrected chi connectivity index (χ0v) is 14.9. The number of carbonyl (C=O) groups is 2. The van der Waals surface area contributed by atoms with Crippen molar-refractivity contribution in [1.82, 2.24) is 25.3 Å². The third kappa shape index (κ3) is 3.01. The van der Waals surface area contributed by atoms with Crippen molar-refractivity contribution in [2.24, 2.45) is 4.99 Å². The van der Waals surface area contributed by atoms with Gasteiger partial charge in [-0.3, -0.25) is 10.1 Å². The van der Waals surface area contributed by atoms with Crippen LogP contribution in [-0.4, -0.2) is 84.6 Å². The van der Waals surface area contributed by atoms with Gasteiger partial charge in [0, 0.05) is 39.8 Å². The average Bonchev–Trinajstić information content (AvgIpc) is 3.06. The van der Waals surface area contributed by atoms with Gasteiger partial charge in [-0.15, -0.1) is 0 Å². The molecule has 8 heteroatoms. The van der Waals surface area contributed by atoms with E-state index in [1.165, 1.54) is 10.5 Å². The van der Waals surface area contributed by atoms with E-state index in [0.29, 0.717) is 6.54 Å². The predicted octanol–water partition coefficient (Wildman–Crippen LogP) is -0.318. The van der Waals surface area contributed by atoms with E-state index in [1.54, 1.807) is 7.05 Å². The maximum Gasteiger partial charge on any atom is 0.325 e. The molecule has 2 atom stereocenters. The highest BCUT2D eigenvalue weighted by Crippen LogP contribution is 2.26. The van der Waals surface area contributed by atoms with Gasteiger partial charge in [-0.05, 0) is 12.0 Å². The van der Waals surface area contributed by atoms with E-state index < -0.39 is 12.2 Å². The fraction of sp³-hybridized carbons (Fsp3) is 0.500. The first-order valence-electron chi connectivity index (χ1n) is 9.07. The first-order chi connectivity index (χ1) is 12.6. The summed E-state index contributed by atoms with van der Waals surface area (Å²) in [5.74, 6) is 0.564. The molecule has 3 amide bonds. The molecular weight excluding hydrogens is 332 g/mol. The molecule has 0 aliphatic carbocycles. The summed E-state index contributed by atoms with van der Waals surface area (Å²) in [6.45, 7) is 4.16. The zero-order valence-electron chi connectivity index (χ0n) is 14.9. The zero-order chi connectivity index (χ0) is 18.1. The topological polar surface area (TPSA) is 80.3 Å². The molecular formula is C18H24N6O2. The summed E-state index contributed by atoms with van der Waals surface area (Å²) in [4.78, 5) is 35.2. The Morgan fingerprint density at radius 2 is 1.88 bits per heavy atom. The van der Waals surface area contributed by atoms with Gasteiger partial charge < -0.3 is 20.0 Å². The van der Waals surface area contributed by atoms with Gasteiger partial charge >= 0.3 is 6.03 Å². The molecule has 138 valence electrons. The van der Waals surface area contributed by atoms with Crippen molar-refractivity contribution in [3.05, 3.63) is 35.9 Å². The van der Waals surface area contributed by atoms with Crippen LogP contribution in [0.1, 0.15) is 5.56 Å². The summed E-state index contributed by atoms with van der Waals surface area (Å²) in [6.07, 6.45) is 0.358. The molecule has 2 unspecified atom stereocenters. The van der Waals surface area contributed by atoms with Gasteiger partial charge in [0.1, 0.15) is 0 Å². The lowest BCUT2D eigenvalue weighted by Gasteiger charge is -2.38. The molecule has 3 aliphatic rings. The smallest absolute Gasteiger partial charge is 0.325 e. The number of urea groups is 1. The van der Waals surface area contributed by atoms with Gasteiger partial charge in [-0.1, -0.05) is 30.3 Å². The molecule has 26 heavy (non-hydrogen) atoms. The van der Waals surface area contributed by atoms with Crippen molar-refractivity contribution in [1.29, 1.82) is 0 Å². The second-order valence-electron chi connectivity index (χ2n) is 6.86. The average molecular weight is 356 g/mol. The van der Waals surface area contributed by atoms with Crippen molar-refractivity contribution in [3.63, 3.8) is 0 Å². The summed E-state index contributed by atoms with van der Waals surface area (Å²) in [5, 5.41) is 5.79. The minimum Gasteiger partial charge on any atom is -0.340 e. The van der Waals surface area contributed by atoms with Gasteiger partial charge in [-0.25, -0.2) is 9.79 Å². The number of rotatable bonds is 3. The van der Waals surface area contributed by atoms with Crippen LogP contribution in [0.5, 0.6) is 0 Å². The summed E-state index contributed by atoms with van der Waals surface area (Å²) in [7, 11) is 1.69. The molecule has 0 spiro atoms. The Morgan fingerprint density at radius 1 is 1.15 bits per heavy atom. The molecule has 2 fully saturated rings. The van der Waals surface area contributed by atoms with Gasteiger partial charge in [0.05, 0.1) is 0 Å². The van der Waals surface area contributed by atoms with Crippen LogP contribution in [-0.2, 0) is 11.2 Å². The number of hydrogen-bond acceptors (Lipinski definition) is 6. The molecule has 3 heterocycles. The lowest BCUT2D eigenvalue weighted by atomic mass is 10.1. The summed E-state index contributed by atoms with van der Waals surface area (Å²) in [5.41, 5.74) is 1.22. The van der Waals surface area contributed by atoms with E-state index in [4.69, 9.17) is 4.99 Å². The van der Waals surface area contributed by atoms with Crippen molar-refractivity contribution in [2.45, 2.75) is 18.6 Å². The van der Waals surface area contributed by atoms with E-state index in [2.05, 4.69) is 32.6 Å². The number of fused-ring (bicyclic) bond motifs is 1. The number of amides is 3. The Hall–Kier alpha value is -2.61. The number of piperazine rings is 1. The standard InChI is InChI=1S/C18H24N6O2/c1-22-15-14(16(25)21-18(22)26)24(10-7-13-5-3-2-4-6-13)17(20-15)23-11-8-19-9-12-23/h2-6,14-15,19H,7-12H2,1H3,(H,21,25,26). The fourth-order valence-electron chi connectivity index (χ4n) is 3.77. The normalized spacial score (nSPS) is 25.9. The molecule has 0 radical (unpaired) electrons. The highest BCUT2D eigenvalue weighted by atomic mass is 16.2. The minimum absolute atomic E-state index is 0.264. The van der Waals surface area contributed by atoms with Crippen LogP contribution in [0, 0.1) is 0 Å². The Labute approximate surface area is 152 Å². The molecule has 0 aromatic heterocycles. The second-order valence-corrected chi connectivity index (χ2v) is 6.86. The van der Waals surface area contributed by atoms with Crippen molar-refractivity contribution < 1.29 is 9.59 Å². The van der Waals surface area contributed by atoms with Crippen LogP contribution in [0.2, 0.25) is 0 Å². The van der Waals surface area contributed by atoms with Crippen LogP contribution in [0.4, 0.5) is 4.79 Å². The molecule has 2 N–H and O–H groups in total. The van der Waals surface area contributed by atoms with Crippen LogP contribution >= 0.6 is 0 Å². The largest absolute Gasteiger partial charge is 0.340 e. The summed E-state index contributed by atoms with van der Waals surface area (Å²) in [6, 6.07) is 9.37. The fourth-order valence-corrected chi connectivity index (χ4v) is 3.77. The van der Waals surface area contributed by atoms with Gasteiger partial charge in [0.25, 0.3) is 5.91 Å². The van der Waals surface area contributed by atoms with Gasteiger partial charge in [0.15, 0.2) is 18.2 Å². The number of hydrogen-bond donors (Lipinski definition) is 2. The van der Waals surface area contributed by atoms with Crippen LogP contribution < -0.4 is 10.6 Å². The third-order valence-electron chi connectivity index (χ3n) is 5.22. The quantitative estimate of drug-likeness (QED) is 0.776. The number of aliphatic imine (C=N–C) groups is 1. The Bertz CT molecular complexity index is 716. The molecule has 1 aromatic rings. The van der Waals surface area contributed by atoms with Gasteiger partial charge in [-0.2, -0.15) is 0 Å². The molecule has 0 saturated carbocycles. The van der Waals surface area contributed by atoms with E-state index in [-0.39, 0.29) is 11.9 Å². The predicted molar refractivity (Wildman–Crippen MR) is 97.6 cm³/mol. The Balaban J connectivity index is 1.60. The maximum absolute atomic E-state index is 12.6. The number of imide groups is 1. The lowest BCUT2D eigenvalue weighted by molar-refractivity contribution is -0.127. The number of guanidine groups is 1. The highest BCUT2D eigenvalue weighted by Gasteiger charge is 2.49. The van der Waals surface area contributed by atoms with Gasteiger partial charge in [0.2, 0.25) is 0 Å². The van der Waals surface area contributed by atoms with E-state index in [1.807, 2.05) is 18.2 Å². The SMILES string of the molecule is CN1C(=O)NC(=O)C2C1N=C(N1CCNCC1)N2CCc1ccccc1. The molecule has 2 saturated heterocycles. The molecule has 3 aliphatic heterocycles. The first kappa shape index (κ1) is 16.8. The Morgan fingerprint density at radius 3 is 2.62 bits per heavy atom. The van der Waals surface area contributed by atoms with E-state index in [9.17, 15) is 9.59 Å². The van der Waals surface area contributed by atoms with Crippen molar-refractivity contribution in [2.75, 3.05) is 39.8 Å². The monoisotopic (exact) mass is 356 g/mol. The Kier molecular flexibility index (Phi) is 4.50. The number of nitrogens with one attached hydrogen (secondary N) is 2. The van der Waals surface area contributed by atoms with Crippen LogP contribution in [0.3, 0.4) is 0 Å². The summed E-state index contributed by atoms with van der Waals surface area (Å²) >= 11 is 0. The maximum atomic E-state index is 12.6. The first-order valence-corrected chi connectivity index (χ1v) is 9.07. The van der Waals surface area contributed by atoms with E-state index >= 15 is 0 Å². The van der Waals surface area contributed by atoms with Crippen molar-refractivity contribution in [3.8, 4) is 0 Å². The molecule has 0 bridgehead atoms. The summed E-state index contributed by atoms with van der Waals surface area (Å²) < 4.78 is 0. The molecule has 4 rings (SSSR count). The second kappa shape index (κ2) is 6.95. The number of likely N-dealkylation sites (N-methyl/N-ethyl adjacent to an activating group) is 1. The van der Waals surface area contributed by atoms with Crippen molar-refractivity contribution >= 4 is 17.9 Å². The molecule has 8 nitrogen and oxygen atoms in total. The number of carbonyl (C=O) groups excluding carboxylic acids is 2. The lowest BCUT2D eigenvalue weighted by Crippen LogP contribution is -2.64. The van der Waals surface area contributed by atoms with Crippen LogP contribution in [0.15, 0.2) is 35.3 Å². The molecule has 1 aromatic carbocycles. The minimum atomic E-state index is -0.466. The highest BCUT2D eigenvalue weighted by molar-refractivity contribution is 6.03. The number of benzene rings is 1.